The van der Waals surface area contributed by atoms with Crippen molar-refractivity contribution >= 4 is 11.9 Å². The van der Waals surface area contributed by atoms with Crippen LogP contribution in [-0.2, 0) is 9.59 Å². The molecule has 0 fully saturated rings. The van der Waals surface area contributed by atoms with E-state index in [0.29, 0.717) is 30.2 Å². The van der Waals surface area contributed by atoms with E-state index in [4.69, 9.17) is 9.47 Å². The highest BCUT2D eigenvalue weighted by Gasteiger charge is 2.09. The number of unbranched alkanes of at least 4 members (excludes halogenated alkanes) is 14. The predicted octanol–water partition coefficient (Wildman–Crippen LogP) is 9.02. The van der Waals surface area contributed by atoms with Gasteiger partial charge < -0.3 is 9.47 Å². The molecule has 0 atom stereocenters. The monoisotopic (exact) mass is 524 g/mol. The molecule has 0 saturated heterocycles. The Bertz CT molecular complexity index is 897. The summed E-state index contributed by atoms with van der Waals surface area (Å²) in [5.74, 6) is 0.944. The van der Waals surface area contributed by atoms with Crippen LogP contribution in [0.3, 0.4) is 0 Å². The first-order chi connectivity index (χ1) is 18.6. The van der Waals surface area contributed by atoms with Crippen LogP contribution in [0.25, 0.3) is 11.4 Å². The Morgan fingerprint density at radius 3 is 1.39 bits per heavy atom. The van der Waals surface area contributed by atoms with Gasteiger partial charge in [0.2, 0.25) is 0 Å². The third-order valence-corrected chi connectivity index (χ3v) is 6.67. The smallest absolute Gasteiger partial charge is 0.311 e. The van der Waals surface area contributed by atoms with Gasteiger partial charge in [0.05, 0.1) is 12.4 Å². The minimum absolute atomic E-state index is 0.200. The molecule has 6 nitrogen and oxygen atoms in total. The van der Waals surface area contributed by atoms with Crippen molar-refractivity contribution in [3.05, 3.63) is 36.7 Å². The van der Waals surface area contributed by atoms with Gasteiger partial charge in [-0.15, -0.1) is 0 Å². The molecule has 1 aromatic carbocycles. The summed E-state index contributed by atoms with van der Waals surface area (Å²) in [5, 5.41) is 0. The van der Waals surface area contributed by atoms with E-state index in [9.17, 15) is 9.59 Å². The van der Waals surface area contributed by atoms with Crippen LogP contribution in [0.15, 0.2) is 36.7 Å². The summed E-state index contributed by atoms with van der Waals surface area (Å²) in [6.45, 7) is 4.44. The molecule has 1 aromatic heterocycles. The number of nitrogens with zero attached hydrogens (tertiary/aromatic N) is 2. The van der Waals surface area contributed by atoms with E-state index >= 15 is 0 Å². The first kappa shape index (κ1) is 31.5. The lowest BCUT2D eigenvalue weighted by atomic mass is 10.1. The molecule has 0 unspecified atom stereocenters. The first-order valence-corrected chi connectivity index (χ1v) is 15.0. The van der Waals surface area contributed by atoms with E-state index in [0.717, 1.165) is 31.2 Å². The van der Waals surface area contributed by atoms with E-state index in [1.54, 1.807) is 12.1 Å². The Hall–Kier alpha value is -2.76. The molecular formula is C32H48N2O4. The maximum atomic E-state index is 12.1. The Labute approximate surface area is 230 Å². The van der Waals surface area contributed by atoms with Crippen LogP contribution in [0.1, 0.15) is 129 Å². The van der Waals surface area contributed by atoms with Gasteiger partial charge in [-0.05, 0) is 37.1 Å². The fourth-order valence-electron chi connectivity index (χ4n) is 4.36. The maximum Gasteiger partial charge on any atom is 0.311 e. The van der Waals surface area contributed by atoms with E-state index in [-0.39, 0.29) is 11.9 Å². The number of rotatable bonds is 21. The maximum absolute atomic E-state index is 12.1. The Morgan fingerprint density at radius 1 is 0.553 bits per heavy atom. The van der Waals surface area contributed by atoms with Gasteiger partial charge in [0.25, 0.3) is 0 Å². The highest BCUT2D eigenvalue weighted by molar-refractivity contribution is 5.73. The molecule has 0 aliphatic carbocycles. The zero-order chi connectivity index (χ0) is 27.3. The standard InChI is InChI=1S/C32H48N2O4/c1-3-5-7-9-11-12-13-14-16-18-20-31(36)38-29-25-33-32(34-26-29)27-21-23-28(24-22-27)37-30(35)19-17-15-10-8-6-4-2/h21-26H,3-20H2,1-2H3. The number of carbonyl (C=O) groups is 2. The number of esters is 2. The van der Waals surface area contributed by atoms with E-state index in [2.05, 4.69) is 23.8 Å². The topological polar surface area (TPSA) is 78.4 Å². The molecule has 0 radical (unpaired) electrons. The molecule has 1 heterocycles. The third kappa shape index (κ3) is 14.3. The Balaban J connectivity index is 1.62. The van der Waals surface area contributed by atoms with Crippen LogP contribution in [0.2, 0.25) is 0 Å². The minimum atomic E-state index is -0.243. The SMILES string of the molecule is CCCCCCCCCCCCC(=O)Oc1cnc(-c2ccc(OC(=O)CCCCCCCC)cc2)nc1. The zero-order valence-electron chi connectivity index (χ0n) is 23.7. The largest absolute Gasteiger partial charge is 0.427 e. The number of carbonyl (C=O) groups excluding carboxylic acids is 2. The van der Waals surface area contributed by atoms with E-state index < -0.39 is 0 Å². The molecule has 210 valence electrons. The molecule has 0 N–H and O–H groups in total. The van der Waals surface area contributed by atoms with Crippen molar-refractivity contribution in [2.24, 2.45) is 0 Å². The quantitative estimate of drug-likeness (QED) is 0.0921. The van der Waals surface area contributed by atoms with E-state index in [1.165, 1.54) is 89.4 Å². The van der Waals surface area contributed by atoms with Crippen molar-refractivity contribution in [2.45, 2.75) is 129 Å². The summed E-state index contributed by atoms with van der Waals surface area (Å²) in [7, 11) is 0. The molecule has 0 saturated carbocycles. The summed E-state index contributed by atoms with van der Waals surface area (Å²) >= 11 is 0. The van der Waals surface area contributed by atoms with Crippen LogP contribution in [-0.4, -0.2) is 21.9 Å². The second-order valence-electron chi connectivity index (χ2n) is 10.2. The van der Waals surface area contributed by atoms with Crippen molar-refractivity contribution in [3.63, 3.8) is 0 Å². The predicted molar refractivity (Wildman–Crippen MR) is 153 cm³/mol. The van der Waals surface area contributed by atoms with Gasteiger partial charge in [-0.25, -0.2) is 9.97 Å². The molecule has 0 amide bonds. The van der Waals surface area contributed by atoms with Crippen LogP contribution in [0.5, 0.6) is 11.5 Å². The molecule has 6 heteroatoms. The number of hydrogen-bond donors (Lipinski definition) is 0. The van der Waals surface area contributed by atoms with Gasteiger partial charge in [-0.3, -0.25) is 9.59 Å². The fourth-order valence-corrected chi connectivity index (χ4v) is 4.36. The Morgan fingerprint density at radius 2 is 0.947 bits per heavy atom. The average molecular weight is 525 g/mol. The highest BCUT2D eigenvalue weighted by atomic mass is 16.5. The number of hydrogen-bond acceptors (Lipinski definition) is 6. The second-order valence-corrected chi connectivity index (χ2v) is 10.2. The summed E-state index contributed by atoms with van der Waals surface area (Å²) in [4.78, 5) is 32.8. The van der Waals surface area contributed by atoms with Gasteiger partial charge >= 0.3 is 11.9 Å². The van der Waals surface area contributed by atoms with Gasteiger partial charge in [-0.1, -0.05) is 104 Å². The van der Waals surface area contributed by atoms with Crippen molar-refractivity contribution in [3.8, 4) is 22.9 Å². The molecule has 2 aromatic rings. The van der Waals surface area contributed by atoms with Crippen LogP contribution < -0.4 is 9.47 Å². The molecule has 0 bridgehead atoms. The molecule has 0 aliphatic heterocycles. The summed E-state index contributed by atoms with van der Waals surface area (Å²) < 4.78 is 10.8. The van der Waals surface area contributed by atoms with Gasteiger partial charge in [-0.2, -0.15) is 0 Å². The minimum Gasteiger partial charge on any atom is -0.427 e. The lowest BCUT2D eigenvalue weighted by Crippen LogP contribution is -2.08. The fraction of sp³-hybridized carbons (Fsp3) is 0.625. The zero-order valence-corrected chi connectivity index (χ0v) is 23.7. The summed E-state index contributed by atoms with van der Waals surface area (Å²) in [6.07, 6.45) is 23.0. The van der Waals surface area contributed by atoms with Crippen LogP contribution >= 0.6 is 0 Å². The molecule has 38 heavy (non-hydrogen) atoms. The highest BCUT2D eigenvalue weighted by Crippen LogP contribution is 2.21. The van der Waals surface area contributed by atoms with Crippen LogP contribution in [0, 0.1) is 0 Å². The number of benzene rings is 1. The van der Waals surface area contributed by atoms with Crippen molar-refractivity contribution in [1.82, 2.24) is 9.97 Å². The first-order valence-electron chi connectivity index (χ1n) is 15.0. The lowest BCUT2D eigenvalue weighted by molar-refractivity contribution is -0.135. The van der Waals surface area contributed by atoms with Gasteiger partial charge in [0.15, 0.2) is 11.6 Å². The molecule has 2 rings (SSSR count). The second kappa shape index (κ2) is 20.2. The lowest BCUT2D eigenvalue weighted by Gasteiger charge is -2.07. The van der Waals surface area contributed by atoms with Crippen molar-refractivity contribution < 1.29 is 19.1 Å². The van der Waals surface area contributed by atoms with Gasteiger partial charge in [0, 0.05) is 18.4 Å². The summed E-state index contributed by atoms with van der Waals surface area (Å²) in [6, 6.07) is 7.13. The Kier molecular flexibility index (Phi) is 16.8. The van der Waals surface area contributed by atoms with Crippen molar-refractivity contribution in [2.75, 3.05) is 0 Å². The molecule has 0 spiro atoms. The average Bonchev–Trinajstić information content (AvgIpc) is 2.92. The van der Waals surface area contributed by atoms with Crippen molar-refractivity contribution in [1.29, 1.82) is 0 Å². The summed E-state index contributed by atoms with van der Waals surface area (Å²) in [5.41, 5.74) is 0.795. The van der Waals surface area contributed by atoms with Gasteiger partial charge in [0.1, 0.15) is 5.75 Å². The number of ether oxygens (including phenoxy) is 2. The molecule has 0 aliphatic rings. The third-order valence-electron chi connectivity index (χ3n) is 6.67. The number of aromatic nitrogens is 2. The normalized spacial score (nSPS) is 10.9. The molecular weight excluding hydrogens is 476 g/mol. The van der Waals surface area contributed by atoms with E-state index in [1.807, 2.05) is 12.1 Å². The van der Waals surface area contributed by atoms with Crippen LogP contribution in [0.4, 0.5) is 0 Å².